The summed E-state index contributed by atoms with van der Waals surface area (Å²) >= 11 is 0. The van der Waals surface area contributed by atoms with Gasteiger partial charge < -0.3 is 24.4 Å². The van der Waals surface area contributed by atoms with Crippen molar-refractivity contribution < 1.29 is 19.0 Å². The summed E-state index contributed by atoms with van der Waals surface area (Å²) in [5.74, 6) is 1.90. The van der Waals surface area contributed by atoms with E-state index >= 15 is 0 Å². The standard InChI is InChI=1S/C43H44N2O4/c1-4-6-8-14-25-45(32-19-22-34(23-20-32)47-26-7-5-2)33-21-24-37-41(28-33)48-40-27-30(3)39(44-31-15-10-9-11-16-31)29-38(40)43(37)36-18-13-12-17-35(36)42(46)49-43/h9-13,15-24,27-29,44H,4-8,14,25-26H2,1-3H3. The molecule has 2 aliphatic heterocycles. The van der Waals surface area contributed by atoms with E-state index in [9.17, 15) is 4.79 Å². The van der Waals surface area contributed by atoms with Crippen LogP contribution in [0.3, 0.4) is 0 Å². The molecule has 0 saturated carbocycles. The molecule has 1 unspecified atom stereocenters. The number of nitrogens with zero attached hydrogens (tertiary/aromatic N) is 1. The Bertz CT molecular complexity index is 1940. The number of esters is 1. The maximum atomic E-state index is 13.5. The van der Waals surface area contributed by atoms with E-state index in [2.05, 4.69) is 79.5 Å². The van der Waals surface area contributed by atoms with Gasteiger partial charge in [0.15, 0.2) is 5.60 Å². The van der Waals surface area contributed by atoms with Crippen LogP contribution in [0.1, 0.15) is 85.0 Å². The summed E-state index contributed by atoms with van der Waals surface area (Å²) in [6.45, 7) is 8.05. The minimum Gasteiger partial charge on any atom is -0.494 e. The number of aryl methyl sites for hydroxylation is 1. The van der Waals surface area contributed by atoms with Gasteiger partial charge in [-0.1, -0.05) is 75.9 Å². The molecule has 0 aromatic heterocycles. The second-order valence-corrected chi connectivity index (χ2v) is 13.0. The molecule has 6 heteroatoms. The Morgan fingerprint density at radius 2 is 1.45 bits per heavy atom. The fourth-order valence-electron chi connectivity index (χ4n) is 6.95. The molecule has 0 saturated heterocycles. The van der Waals surface area contributed by atoms with E-state index in [1.54, 1.807) is 0 Å². The molecular formula is C43H44N2O4. The smallest absolute Gasteiger partial charge is 0.340 e. The van der Waals surface area contributed by atoms with Crippen molar-refractivity contribution in [3.05, 3.63) is 137 Å². The van der Waals surface area contributed by atoms with Gasteiger partial charge in [0, 0.05) is 52.1 Å². The van der Waals surface area contributed by atoms with Crippen molar-refractivity contribution in [3.63, 3.8) is 0 Å². The average Bonchev–Trinajstić information content (AvgIpc) is 3.42. The Labute approximate surface area is 289 Å². The third-order valence-corrected chi connectivity index (χ3v) is 9.56. The minimum atomic E-state index is -1.15. The maximum absolute atomic E-state index is 13.5. The van der Waals surface area contributed by atoms with Crippen LogP contribution < -0.4 is 19.7 Å². The highest BCUT2D eigenvalue weighted by molar-refractivity contribution is 5.97. The highest BCUT2D eigenvalue weighted by Gasteiger charge is 2.53. The third-order valence-electron chi connectivity index (χ3n) is 9.56. The van der Waals surface area contributed by atoms with Gasteiger partial charge in [0.05, 0.1) is 12.2 Å². The number of anilines is 4. The summed E-state index contributed by atoms with van der Waals surface area (Å²) in [5, 5.41) is 3.56. The Balaban J connectivity index is 1.31. The number of unbranched alkanes of at least 4 members (excludes halogenated alkanes) is 4. The molecule has 1 N–H and O–H groups in total. The summed E-state index contributed by atoms with van der Waals surface area (Å²) in [4.78, 5) is 15.9. The molecule has 1 spiro atoms. The van der Waals surface area contributed by atoms with E-state index < -0.39 is 5.60 Å². The number of fused-ring (bicyclic) bond motifs is 6. The Kier molecular flexibility index (Phi) is 9.30. The Hall–Kier alpha value is -5.23. The summed E-state index contributed by atoms with van der Waals surface area (Å²) in [6.07, 6.45) is 6.75. The molecular weight excluding hydrogens is 608 g/mol. The first-order chi connectivity index (χ1) is 24.0. The molecule has 0 radical (unpaired) electrons. The molecule has 1 atom stereocenters. The molecule has 0 amide bonds. The van der Waals surface area contributed by atoms with Crippen LogP contribution in [0.2, 0.25) is 0 Å². The molecule has 0 bridgehead atoms. The average molecular weight is 653 g/mol. The number of carbonyl (C=O) groups is 1. The number of rotatable bonds is 13. The van der Waals surface area contributed by atoms with Crippen LogP contribution in [0.5, 0.6) is 17.2 Å². The zero-order chi connectivity index (χ0) is 33.8. The zero-order valence-electron chi connectivity index (χ0n) is 28.6. The molecule has 0 aliphatic carbocycles. The van der Waals surface area contributed by atoms with Crippen molar-refractivity contribution >= 4 is 28.7 Å². The SMILES string of the molecule is CCCCCCN(c1ccc(OCCCC)cc1)c1ccc2c(c1)Oc1cc(C)c(Nc3ccccc3)cc1C21OC(=O)c2ccccc21. The monoisotopic (exact) mass is 652 g/mol. The molecule has 7 rings (SSSR count). The molecule has 49 heavy (non-hydrogen) atoms. The number of benzene rings is 5. The van der Waals surface area contributed by atoms with E-state index in [1.165, 1.54) is 12.8 Å². The largest absolute Gasteiger partial charge is 0.494 e. The predicted molar refractivity (Wildman–Crippen MR) is 197 cm³/mol. The van der Waals surface area contributed by atoms with E-state index in [-0.39, 0.29) is 5.97 Å². The molecule has 2 aliphatic rings. The number of hydrogen-bond acceptors (Lipinski definition) is 6. The third kappa shape index (κ3) is 6.24. The molecule has 0 fully saturated rings. The van der Waals surface area contributed by atoms with Crippen molar-refractivity contribution in [1.29, 1.82) is 0 Å². The molecule has 6 nitrogen and oxygen atoms in total. The first-order valence-corrected chi connectivity index (χ1v) is 17.6. The second-order valence-electron chi connectivity index (χ2n) is 13.0. The predicted octanol–water partition coefficient (Wildman–Crippen LogP) is 11.2. The van der Waals surface area contributed by atoms with Crippen molar-refractivity contribution in [2.45, 2.75) is 64.9 Å². The van der Waals surface area contributed by atoms with Crippen LogP contribution in [-0.2, 0) is 10.3 Å². The van der Waals surface area contributed by atoms with E-state index in [0.717, 1.165) is 89.6 Å². The first kappa shape index (κ1) is 32.3. The van der Waals surface area contributed by atoms with Gasteiger partial charge in [0.1, 0.15) is 17.2 Å². The normalized spacial score (nSPS) is 15.5. The van der Waals surface area contributed by atoms with Gasteiger partial charge in [-0.25, -0.2) is 4.79 Å². The lowest BCUT2D eigenvalue weighted by molar-refractivity contribution is 0.0224. The molecule has 250 valence electrons. The van der Waals surface area contributed by atoms with Crippen molar-refractivity contribution in [1.82, 2.24) is 0 Å². The van der Waals surface area contributed by atoms with Crippen LogP contribution in [-0.4, -0.2) is 19.1 Å². The van der Waals surface area contributed by atoms with Crippen LogP contribution in [0, 0.1) is 6.92 Å². The summed E-state index contributed by atoms with van der Waals surface area (Å²) in [6, 6.07) is 36.6. The van der Waals surface area contributed by atoms with Crippen LogP contribution in [0.25, 0.3) is 0 Å². The van der Waals surface area contributed by atoms with Gasteiger partial charge in [0.2, 0.25) is 0 Å². The highest BCUT2D eigenvalue weighted by atomic mass is 16.6. The Morgan fingerprint density at radius 3 is 2.24 bits per heavy atom. The maximum Gasteiger partial charge on any atom is 0.340 e. The lowest BCUT2D eigenvalue weighted by atomic mass is 9.77. The van der Waals surface area contributed by atoms with Crippen molar-refractivity contribution in [3.8, 4) is 17.2 Å². The lowest BCUT2D eigenvalue weighted by Crippen LogP contribution is -2.33. The quantitative estimate of drug-likeness (QED) is 0.101. The first-order valence-electron chi connectivity index (χ1n) is 17.6. The molecule has 5 aromatic rings. The van der Waals surface area contributed by atoms with E-state index in [1.807, 2.05) is 60.7 Å². The summed E-state index contributed by atoms with van der Waals surface area (Å²) < 4.78 is 19.3. The van der Waals surface area contributed by atoms with Gasteiger partial charge in [0.25, 0.3) is 0 Å². The number of ether oxygens (including phenoxy) is 3. The number of nitrogens with one attached hydrogen (secondary N) is 1. The van der Waals surface area contributed by atoms with Gasteiger partial charge >= 0.3 is 5.97 Å². The fraction of sp³-hybridized carbons (Fsp3) is 0.279. The van der Waals surface area contributed by atoms with Crippen molar-refractivity contribution in [2.24, 2.45) is 0 Å². The highest BCUT2D eigenvalue weighted by Crippen LogP contribution is 2.57. The van der Waals surface area contributed by atoms with Crippen molar-refractivity contribution in [2.75, 3.05) is 23.4 Å². The van der Waals surface area contributed by atoms with Gasteiger partial charge in [-0.15, -0.1) is 0 Å². The van der Waals surface area contributed by atoms with Gasteiger partial charge in [-0.05, 0) is 92.1 Å². The zero-order valence-corrected chi connectivity index (χ0v) is 28.6. The summed E-state index contributed by atoms with van der Waals surface area (Å²) in [7, 11) is 0. The van der Waals surface area contributed by atoms with E-state index in [4.69, 9.17) is 14.2 Å². The fourth-order valence-corrected chi connectivity index (χ4v) is 6.95. The molecule has 5 aromatic carbocycles. The summed E-state index contributed by atoms with van der Waals surface area (Å²) in [5.41, 5.74) is 6.88. The van der Waals surface area contributed by atoms with Gasteiger partial charge in [-0.2, -0.15) is 0 Å². The number of hydrogen-bond donors (Lipinski definition) is 1. The topological polar surface area (TPSA) is 60.0 Å². The minimum absolute atomic E-state index is 0.338. The number of para-hydroxylation sites is 1. The van der Waals surface area contributed by atoms with Crippen LogP contribution >= 0.6 is 0 Å². The van der Waals surface area contributed by atoms with Crippen LogP contribution in [0.4, 0.5) is 22.7 Å². The van der Waals surface area contributed by atoms with Gasteiger partial charge in [-0.3, -0.25) is 0 Å². The second kappa shape index (κ2) is 14.1. The van der Waals surface area contributed by atoms with Crippen LogP contribution in [0.15, 0.2) is 109 Å². The Morgan fingerprint density at radius 1 is 0.714 bits per heavy atom. The lowest BCUT2D eigenvalue weighted by Gasteiger charge is -2.38. The molecule has 2 heterocycles. The van der Waals surface area contributed by atoms with E-state index in [0.29, 0.717) is 17.1 Å². The number of carbonyl (C=O) groups excluding carboxylic acids is 1.